The average Bonchev–Trinajstić information content (AvgIpc) is 2.79. The first kappa shape index (κ1) is 12.2. The van der Waals surface area contributed by atoms with Crippen LogP contribution in [0.25, 0.3) is 0 Å². The Kier molecular flexibility index (Phi) is 1.83. The molecule has 1 saturated heterocycles. The summed E-state index contributed by atoms with van der Waals surface area (Å²) in [6, 6.07) is 3.68. The lowest BCUT2D eigenvalue weighted by atomic mass is 9.95. The third-order valence-corrected chi connectivity index (χ3v) is 5.06. The first-order chi connectivity index (χ1) is 8.01. The second-order valence-corrected chi connectivity index (χ2v) is 7.59. The minimum absolute atomic E-state index is 0.284. The molecule has 0 bridgehead atoms. The highest BCUT2D eigenvalue weighted by Gasteiger charge is 2.66. The fourth-order valence-electron chi connectivity index (χ4n) is 2.84. The molecule has 1 nitrogen and oxygen atoms in total. The van der Waals surface area contributed by atoms with E-state index in [0.29, 0.717) is 24.2 Å². The van der Waals surface area contributed by atoms with Gasteiger partial charge in [-0.25, -0.2) is 0 Å². The predicted octanol–water partition coefficient (Wildman–Crippen LogP) is 4.20. The molecule has 0 aromatic heterocycles. The highest BCUT2D eigenvalue weighted by molar-refractivity contribution is 8.45. The summed E-state index contributed by atoms with van der Waals surface area (Å²) in [5, 5.41) is 3.08. The number of fused-ring (bicyclic) bond motifs is 1. The van der Waals surface area contributed by atoms with Gasteiger partial charge in [0, 0.05) is 12.0 Å². The Bertz CT molecular complexity index is 525. The maximum atomic E-state index is 12.7. The second kappa shape index (κ2) is 2.70. The molecule has 2 aliphatic rings. The highest BCUT2D eigenvalue weighted by atomic mass is 32.5. The zero-order valence-corrected chi connectivity index (χ0v) is 10.1. The van der Waals surface area contributed by atoms with Crippen molar-refractivity contribution in [3.63, 3.8) is 0 Å². The molecule has 3 rings (SSSR count). The van der Waals surface area contributed by atoms with Crippen molar-refractivity contribution in [3.8, 4) is 0 Å². The van der Waals surface area contributed by atoms with Crippen molar-refractivity contribution in [1.29, 1.82) is 0 Å². The minimum atomic E-state index is -9.56. The molecule has 102 valence electrons. The van der Waals surface area contributed by atoms with E-state index in [1.807, 2.05) is 0 Å². The van der Waals surface area contributed by atoms with Crippen LogP contribution < -0.4 is 5.32 Å². The topological polar surface area (TPSA) is 12.0 Å². The molecular weight excluding hydrogens is 273 g/mol. The second-order valence-electron chi connectivity index (χ2n) is 5.18. The fourth-order valence-corrected chi connectivity index (χ4v) is 3.52. The Hall–Kier alpha value is -0.820. The third kappa shape index (κ3) is 1.80. The Morgan fingerprint density at radius 3 is 2.39 bits per heavy atom. The van der Waals surface area contributed by atoms with Crippen LogP contribution in [-0.2, 0) is 5.41 Å². The lowest BCUT2D eigenvalue weighted by Gasteiger charge is -2.40. The number of hydrogen-bond acceptors (Lipinski definition) is 1. The van der Waals surface area contributed by atoms with Gasteiger partial charge in [0.15, 0.2) is 0 Å². The summed E-state index contributed by atoms with van der Waals surface area (Å²) in [5.74, 6) is 0.284. The largest absolute Gasteiger partial charge is 0.316 e. The molecule has 1 heterocycles. The normalized spacial score (nSPS) is 34.6. The van der Waals surface area contributed by atoms with Crippen molar-refractivity contribution in [2.75, 3.05) is 13.1 Å². The van der Waals surface area contributed by atoms with Crippen molar-refractivity contribution >= 4 is 10.2 Å². The van der Waals surface area contributed by atoms with Crippen molar-refractivity contribution < 1.29 is 19.4 Å². The van der Waals surface area contributed by atoms with Gasteiger partial charge in [-0.2, -0.15) is 0 Å². The van der Waals surface area contributed by atoms with Crippen LogP contribution in [0.1, 0.15) is 12.0 Å². The smallest absolute Gasteiger partial charge is 0.310 e. The van der Waals surface area contributed by atoms with Gasteiger partial charge in [-0.1, -0.05) is 31.6 Å². The van der Waals surface area contributed by atoms with Gasteiger partial charge < -0.3 is 5.32 Å². The molecule has 2 atom stereocenters. The molecule has 0 unspecified atom stereocenters. The van der Waals surface area contributed by atoms with Crippen LogP contribution in [0.4, 0.5) is 19.4 Å². The molecule has 1 aromatic carbocycles. The molecule has 7 heteroatoms. The monoisotopic (exact) mass is 285 g/mol. The molecule has 0 spiro atoms. The van der Waals surface area contributed by atoms with Crippen LogP contribution in [0.2, 0.25) is 0 Å². The maximum absolute atomic E-state index is 12.7. The Balaban J connectivity index is 2.07. The number of halogens is 5. The van der Waals surface area contributed by atoms with Crippen LogP contribution in [0, 0.1) is 5.92 Å². The lowest BCUT2D eigenvalue weighted by molar-refractivity contribution is 0.363. The third-order valence-electron chi connectivity index (χ3n) is 3.92. The molecule has 2 fully saturated rings. The Labute approximate surface area is 101 Å². The fraction of sp³-hybridized carbons (Fsp3) is 0.455. The molecule has 0 amide bonds. The summed E-state index contributed by atoms with van der Waals surface area (Å²) < 4.78 is 63.7. The Morgan fingerprint density at radius 1 is 1.17 bits per heavy atom. The number of piperidine rings is 1. The van der Waals surface area contributed by atoms with Gasteiger partial charge in [0.05, 0.1) is 0 Å². The van der Waals surface area contributed by atoms with E-state index in [4.69, 9.17) is 0 Å². The Morgan fingerprint density at radius 2 is 1.89 bits per heavy atom. The van der Waals surface area contributed by atoms with Gasteiger partial charge in [-0.3, -0.25) is 0 Å². The SMILES string of the molecule is FS(F)(F)(F)(F)c1cccc([C@@]23CNC[C@@H]2C3)c1. The van der Waals surface area contributed by atoms with E-state index in [1.54, 1.807) is 0 Å². The van der Waals surface area contributed by atoms with E-state index < -0.39 is 15.1 Å². The number of benzene rings is 1. The van der Waals surface area contributed by atoms with E-state index in [2.05, 4.69) is 5.32 Å². The summed E-state index contributed by atoms with van der Waals surface area (Å²) in [4.78, 5) is -1.78. The quantitative estimate of drug-likeness (QED) is 0.803. The molecule has 1 aromatic rings. The van der Waals surface area contributed by atoms with Gasteiger partial charge in [0.1, 0.15) is 4.90 Å². The van der Waals surface area contributed by atoms with Crippen molar-refractivity contribution in [2.24, 2.45) is 5.92 Å². The van der Waals surface area contributed by atoms with Gasteiger partial charge in [0.2, 0.25) is 0 Å². The zero-order chi connectivity index (χ0) is 13.3. The predicted molar refractivity (Wildman–Crippen MR) is 60.5 cm³/mol. The van der Waals surface area contributed by atoms with Crippen LogP contribution in [0.5, 0.6) is 0 Å². The van der Waals surface area contributed by atoms with Crippen molar-refractivity contribution in [2.45, 2.75) is 16.7 Å². The van der Waals surface area contributed by atoms with Crippen LogP contribution in [0.3, 0.4) is 0 Å². The van der Waals surface area contributed by atoms with Crippen molar-refractivity contribution in [1.82, 2.24) is 5.32 Å². The highest BCUT2D eigenvalue weighted by Crippen LogP contribution is 3.02. The molecule has 1 aliphatic carbocycles. The maximum Gasteiger partial charge on any atom is 0.310 e. The van der Waals surface area contributed by atoms with E-state index in [-0.39, 0.29) is 11.3 Å². The van der Waals surface area contributed by atoms with Crippen LogP contribution in [-0.4, -0.2) is 13.1 Å². The standard InChI is InChI=1S/C11H12F5NS/c12-18(13,14,15,16)10-3-1-2-8(4-10)11-5-9(11)6-17-7-11/h1-4,9,17H,5-7H2/t9-,11+/m0/s1. The first-order valence-electron chi connectivity index (χ1n) is 5.57. The molecule has 18 heavy (non-hydrogen) atoms. The number of hydrogen-bond donors (Lipinski definition) is 1. The molecular formula is C11H12F5NS. The summed E-state index contributed by atoms with van der Waals surface area (Å²) in [6.07, 6.45) is 0.782. The van der Waals surface area contributed by atoms with Crippen LogP contribution >= 0.6 is 10.2 Å². The van der Waals surface area contributed by atoms with Crippen LogP contribution in [0.15, 0.2) is 29.2 Å². The summed E-state index contributed by atoms with van der Waals surface area (Å²) in [6.45, 7) is 1.32. The summed E-state index contributed by atoms with van der Waals surface area (Å²) in [7, 11) is -9.56. The van der Waals surface area contributed by atoms with E-state index in [9.17, 15) is 19.4 Å². The van der Waals surface area contributed by atoms with Gasteiger partial charge in [-0.05, 0) is 36.6 Å². The molecule has 1 aliphatic heterocycles. The summed E-state index contributed by atoms with van der Waals surface area (Å²) >= 11 is 0. The minimum Gasteiger partial charge on any atom is -0.316 e. The molecule has 1 N–H and O–H groups in total. The van der Waals surface area contributed by atoms with Crippen molar-refractivity contribution in [3.05, 3.63) is 29.8 Å². The average molecular weight is 285 g/mol. The molecule has 0 radical (unpaired) electrons. The van der Waals surface area contributed by atoms with E-state index in [0.717, 1.165) is 19.0 Å². The number of nitrogens with one attached hydrogen (secondary N) is 1. The van der Waals surface area contributed by atoms with E-state index >= 15 is 0 Å². The zero-order valence-electron chi connectivity index (χ0n) is 9.31. The summed E-state index contributed by atoms with van der Waals surface area (Å²) in [5.41, 5.74) is 0.0298. The first-order valence-corrected chi connectivity index (χ1v) is 7.52. The van der Waals surface area contributed by atoms with Gasteiger partial charge >= 0.3 is 10.2 Å². The molecule has 1 saturated carbocycles. The van der Waals surface area contributed by atoms with Gasteiger partial charge in [-0.15, -0.1) is 0 Å². The lowest BCUT2D eigenvalue weighted by Crippen LogP contribution is -2.19. The van der Waals surface area contributed by atoms with E-state index in [1.165, 1.54) is 6.07 Å². The van der Waals surface area contributed by atoms with Gasteiger partial charge in [0.25, 0.3) is 0 Å². The number of rotatable bonds is 2.